The molecule has 0 saturated carbocycles. The van der Waals surface area contributed by atoms with Crippen LogP contribution in [0, 0.1) is 0 Å². The molecule has 8 heteroatoms. The maximum absolute atomic E-state index is 12.9. The molecular weight excluding hydrogens is 495 g/mol. The van der Waals surface area contributed by atoms with E-state index in [1.165, 1.54) is 12.1 Å². The van der Waals surface area contributed by atoms with Gasteiger partial charge in [0.25, 0.3) is 5.91 Å². The van der Waals surface area contributed by atoms with Crippen LogP contribution < -0.4 is 10.1 Å². The highest BCUT2D eigenvalue weighted by atomic mass is 127. The molecule has 1 fully saturated rings. The van der Waals surface area contributed by atoms with Crippen molar-refractivity contribution in [3.05, 3.63) is 52.5 Å². The number of carboxylic acids is 1. The predicted octanol–water partition coefficient (Wildman–Crippen LogP) is 5.18. The molecule has 1 heterocycles. The minimum Gasteiger partial charge on any atom is -0.481 e. The van der Waals surface area contributed by atoms with Gasteiger partial charge in [-0.25, -0.2) is 4.79 Å². The Balaban J connectivity index is 1.87. The first-order valence-electron chi connectivity index (χ1n) is 8.91. The van der Waals surface area contributed by atoms with Crippen LogP contribution in [-0.2, 0) is 0 Å². The zero-order valence-electron chi connectivity index (χ0n) is 15.1. The van der Waals surface area contributed by atoms with E-state index in [1.807, 2.05) is 4.90 Å². The first-order chi connectivity index (χ1) is 13.5. The van der Waals surface area contributed by atoms with Crippen LogP contribution in [-0.4, -0.2) is 39.6 Å². The van der Waals surface area contributed by atoms with Gasteiger partial charge >= 0.3 is 5.97 Å². The van der Waals surface area contributed by atoms with Crippen LogP contribution in [0.4, 0.5) is 11.4 Å². The van der Waals surface area contributed by atoms with E-state index < -0.39 is 5.97 Å². The van der Waals surface area contributed by atoms with Crippen molar-refractivity contribution in [2.45, 2.75) is 19.3 Å². The first-order valence-corrected chi connectivity index (χ1v) is 10.8. The Morgan fingerprint density at radius 2 is 1.82 bits per heavy atom. The average Bonchev–Trinajstić information content (AvgIpc) is 2.70. The number of nitrogens with zero attached hydrogens (tertiary/aromatic N) is 1. The van der Waals surface area contributed by atoms with Crippen molar-refractivity contribution in [1.29, 1.82) is 0 Å². The fraction of sp³-hybridized carbons (Fsp3) is 0.300. The fourth-order valence-electron chi connectivity index (χ4n) is 3.11. The SMILES string of the molecule is O=C(O)c1ccc(Nc2cc(Cl)c(C(=O)N3CCCCC3)cc2OCI)cc1. The zero-order valence-corrected chi connectivity index (χ0v) is 18.0. The van der Waals surface area contributed by atoms with E-state index in [4.69, 9.17) is 21.4 Å². The van der Waals surface area contributed by atoms with Gasteiger partial charge in [0.2, 0.25) is 0 Å². The van der Waals surface area contributed by atoms with Crippen LogP contribution >= 0.6 is 34.2 Å². The summed E-state index contributed by atoms with van der Waals surface area (Å²) in [5, 5.41) is 12.5. The minimum absolute atomic E-state index is 0.0830. The number of anilines is 2. The Morgan fingerprint density at radius 3 is 2.43 bits per heavy atom. The number of carbonyl (C=O) groups excluding carboxylic acids is 1. The van der Waals surface area contributed by atoms with Gasteiger partial charge in [-0.3, -0.25) is 4.79 Å². The maximum Gasteiger partial charge on any atom is 0.335 e. The molecule has 2 aromatic rings. The molecule has 1 aliphatic rings. The van der Waals surface area contributed by atoms with Crippen LogP contribution in [0.3, 0.4) is 0 Å². The number of ether oxygens (including phenoxy) is 1. The van der Waals surface area contributed by atoms with Gasteiger partial charge in [0.1, 0.15) is 10.4 Å². The van der Waals surface area contributed by atoms with Crippen LogP contribution in [0.15, 0.2) is 36.4 Å². The van der Waals surface area contributed by atoms with Gasteiger partial charge in [0, 0.05) is 18.8 Å². The van der Waals surface area contributed by atoms with E-state index in [0.717, 1.165) is 32.4 Å². The first kappa shape index (κ1) is 20.7. The standard InChI is InChI=1S/C20H20ClIN2O4/c21-16-11-17(23-14-6-4-13(5-7-14)20(26)27)18(28-12-22)10-15(16)19(25)24-8-2-1-3-9-24/h4-7,10-11,23H,1-3,8-9,12H2,(H,26,27). The van der Waals surface area contributed by atoms with Crippen LogP contribution in [0.5, 0.6) is 5.75 Å². The van der Waals surface area contributed by atoms with E-state index >= 15 is 0 Å². The number of likely N-dealkylation sites (tertiary alicyclic amines) is 1. The number of alkyl halides is 1. The summed E-state index contributed by atoms with van der Waals surface area (Å²) in [6.07, 6.45) is 3.16. The number of benzene rings is 2. The number of halogens is 2. The quantitative estimate of drug-likeness (QED) is 0.410. The van der Waals surface area contributed by atoms with Gasteiger partial charge in [0.05, 0.1) is 21.8 Å². The van der Waals surface area contributed by atoms with E-state index in [9.17, 15) is 9.59 Å². The van der Waals surface area contributed by atoms with Crippen molar-refractivity contribution in [3.63, 3.8) is 0 Å². The largest absolute Gasteiger partial charge is 0.481 e. The third-order valence-electron chi connectivity index (χ3n) is 4.56. The second kappa shape index (κ2) is 9.47. The highest BCUT2D eigenvalue weighted by Crippen LogP contribution is 2.35. The molecule has 0 radical (unpaired) electrons. The van der Waals surface area contributed by atoms with Crippen molar-refractivity contribution < 1.29 is 19.4 Å². The Kier molecular flexibility index (Phi) is 7.01. The molecule has 1 saturated heterocycles. The monoisotopic (exact) mass is 514 g/mol. The molecule has 3 rings (SSSR count). The van der Waals surface area contributed by atoms with Gasteiger partial charge in [-0.1, -0.05) is 11.6 Å². The molecule has 1 amide bonds. The minimum atomic E-state index is -0.982. The molecule has 0 aromatic heterocycles. The van der Waals surface area contributed by atoms with Gasteiger partial charge in [-0.2, -0.15) is 0 Å². The number of amides is 1. The summed E-state index contributed by atoms with van der Waals surface area (Å²) >= 11 is 8.51. The van der Waals surface area contributed by atoms with Crippen LogP contribution in [0.2, 0.25) is 5.02 Å². The van der Waals surface area contributed by atoms with Gasteiger partial charge < -0.3 is 20.1 Å². The molecular formula is C20H20ClIN2O4. The number of carbonyl (C=O) groups is 2. The molecule has 2 aromatic carbocycles. The van der Waals surface area contributed by atoms with Gasteiger partial charge in [-0.05, 0) is 78.3 Å². The average molecular weight is 515 g/mol. The van der Waals surface area contributed by atoms with E-state index in [0.29, 0.717) is 32.3 Å². The summed E-state index contributed by atoms with van der Waals surface area (Å²) in [5.41, 5.74) is 1.93. The van der Waals surface area contributed by atoms with Crippen molar-refractivity contribution in [2.24, 2.45) is 0 Å². The molecule has 0 atom stereocenters. The molecule has 0 unspecified atom stereocenters. The second-order valence-corrected chi connectivity index (χ2v) is 7.47. The third-order valence-corrected chi connectivity index (χ3v) is 5.19. The summed E-state index contributed by atoms with van der Waals surface area (Å²) < 4.78 is 6.11. The number of nitrogens with one attached hydrogen (secondary N) is 1. The molecule has 2 N–H and O–H groups in total. The smallest absolute Gasteiger partial charge is 0.335 e. The normalized spacial score (nSPS) is 13.9. The molecule has 1 aliphatic heterocycles. The van der Waals surface area contributed by atoms with Crippen molar-refractivity contribution in [1.82, 2.24) is 4.90 Å². The zero-order chi connectivity index (χ0) is 20.1. The van der Waals surface area contributed by atoms with Crippen molar-refractivity contribution in [3.8, 4) is 5.75 Å². The highest BCUT2D eigenvalue weighted by molar-refractivity contribution is 14.1. The van der Waals surface area contributed by atoms with Gasteiger partial charge in [-0.15, -0.1) is 0 Å². The summed E-state index contributed by atoms with van der Waals surface area (Å²) in [7, 11) is 0. The number of aromatic carboxylic acids is 1. The predicted molar refractivity (Wildman–Crippen MR) is 117 cm³/mol. The lowest BCUT2D eigenvalue weighted by Gasteiger charge is -2.27. The highest BCUT2D eigenvalue weighted by Gasteiger charge is 2.22. The molecule has 28 heavy (non-hydrogen) atoms. The lowest BCUT2D eigenvalue weighted by Crippen LogP contribution is -2.35. The second-order valence-electron chi connectivity index (χ2n) is 6.44. The van der Waals surface area contributed by atoms with E-state index in [-0.39, 0.29) is 11.5 Å². The third kappa shape index (κ3) is 4.88. The molecule has 6 nitrogen and oxygen atoms in total. The van der Waals surface area contributed by atoms with Crippen molar-refractivity contribution in [2.75, 3.05) is 23.0 Å². The number of piperidine rings is 1. The van der Waals surface area contributed by atoms with E-state index in [1.54, 1.807) is 24.3 Å². The number of carboxylic acid groups (broad SMARTS) is 1. The summed E-state index contributed by atoms with van der Waals surface area (Å²) in [6, 6.07) is 9.70. The van der Waals surface area contributed by atoms with Crippen molar-refractivity contribution >= 4 is 57.4 Å². The maximum atomic E-state index is 12.9. The number of hydrogen-bond acceptors (Lipinski definition) is 4. The lowest BCUT2D eigenvalue weighted by molar-refractivity contribution is 0.0694. The van der Waals surface area contributed by atoms with Crippen LogP contribution in [0.25, 0.3) is 0 Å². The summed E-state index contributed by atoms with van der Waals surface area (Å²) in [4.78, 5) is 25.7. The molecule has 0 bridgehead atoms. The Labute approximate surface area is 182 Å². The van der Waals surface area contributed by atoms with Crippen LogP contribution in [0.1, 0.15) is 40.0 Å². The molecule has 0 spiro atoms. The Hall–Kier alpha value is -2.00. The lowest BCUT2D eigenvalue weighted by atomic mass is 10.1. The van der Waals surface area contributed by atoms with E-state index in [2.05, 4.69) is 27.9 Å². The topological polar surface area (TPSA) is 78.9 Å². The van der Waals surface area contributed by atoms with Gasteiger partial charge in [0.15, 0.2) is 0 Å². The number of rotatable bonds is 6. The Morgan fingerprint density at radius 1 is 1.14 bits per heavy atom. The Bertz CT molecular complexity index is 867. The number of hydrogen-bond donors (Lipinski definition) is 2. The summed E-state index contributed by atoms with van der Waals surface area (Å²) in [5.74, 6) is -0.550. The molecule has 148 valence electrons. The summed E-state index contributed by atoms with van der Waals surface area (Å²) in [6.45, 7) is 1.49. The fourth-order valence-corrected chi connectivity index (χ4v) is 3.69. The molecule has 0 aliphatic carbocycles.